The number of rotatable bonds is 3. The molecule has 1 rings (SSSR count). The quantitative estimate of drug-likeness (QED) is 0.778. The summed E-state index contributed by atoms with van der Waals surface area (Å²) in [4.78, 5) is 1.59. The molecule has 84 valence electrons. The van der Waals surface area contributed by atoms with Gasteiger partial charge in [-0.2, -0.15) is 0 Å². The number of nitrogens with two attached hydrogens (primary N) is 1. The van der Waals surface area contributed by atoms with E-state index in [1.54, 1.807) is 19.0 Å². The third-order valence-electron chi connectivity index (χ3n) is 2.15. The van der Waals surface area contributed by atoms with Crippen molar-refractivity contribution in [1.29, 1.82) is 0 Å². The van der Waals surface area contributed by atoms with Gasteiger partial charge in [-0.1, -0.05) is 0 Å². The summed E-state index contributed by atoms with van der Waals surface area (Å²) < 4.78 is 31.4. The first-order valence-corrected chi connectivity index (χ1v) is 4.42. The highest BCUT2D eigenvalue weighted by Crippen LogP contribution is 2.25. The molecule has 0 aromatic heterocycles. The van der Waals surface area contributed by atoms with E-state index in [1.807, 2.05) is 0 Å². The van der Waals surface area contributed by atoms with E-state index in [-0.39, 0.29) is 11.3 Å². The van der Waals surface area contributed by atoms with Crippen molar-refractivity contribution in [2.24, 2.45) is 5.73 Å². The van der Waals surface area contributed by atoms with Crippen LogP contribution in [-0.2, 0) is 0 Å². The fourth-order valence-corrected chi connectivity index (χ4v) is 1.21. The lowest BCUT2D eigenvalue weighted by Gasteiger charge is -2.20. The first kappa shape index (κ1) is 11.9. The zero-order chi connectivity index (χ0) is 11.6. The molecule has 1 aromatic carbocycles. The van der Waals surface area contributed by atoms with Crippen LogP contribution in [-0.4, -0.2) is 26.1 Å². The average Bonchev–Trinajstić information content (AvgIpc) is 2.19. The molecule has 5 heteroatoms. The molecule has 0 fully saturated rings. The van der Waals surface area contributed by atoms with Gasteiger partial charge in [-0.3, -0.25) is 4.90 Å². The van der Waals surface area contributed by atoms with E-state index in [9.17, 15) is 8.78 Å². The number of halogens is 2. The van der Waals surface area contributed by atoms with Crippen molar-refractivity contribution in [3.05, 3.63) is 29.3 Å². The lowest BCUT2D eigenvalue weighted by Crippen LogP contribution is -2.28. The molecule has 0 spiro atoms. The molecule has 15 heavy (non-hydrogen) atoms. The second kappa shape index (κ2) is 4.55. The van der Waals surface area contributed by atoms with Crippen LogP contribution in [0.25, 0.3) is 0 Å². The second-order valence-electron chi connectivity index (χ2n) is 3.42. The third kappa shape index (κ3) is 2.43. The molecular formula is C10H14F2N2O. The zero-order valence-electron chi connectivity index (χ0n) is 8.92. The van der Waals surface area contributed by atoms with Crippen LogP contribution >= 0.6 is 0 Å². The summed E-state index contributed by atoms with van der Waals surface area (Å²) >= 11 is 0. The van der Waals surface area contributed by atoms with Gasteiger partial charge in [-0.05, 0) is 20.2 Å². The number of nitrogens with zero attached hydrogens (tertiary/aromatic N) is 1. The van der Waals surface area contributed by atoms with Crippen LogP contribution in [0.15, 0.2) is 12.1 Å². The van der Waals surface area contributed by atoms with Gasteiger partial charge < -0.3 is 10.5 Å². The van der Waals surface area contributed by atoms with Crippen molar-refractivity contribution in [3.8, 4) is 5.75 Å². The smallest absolute Gasteiger partial charge is 0.165 e. The molecule has 0 bridgehead atoms. The SMILES string of the molecule is COc1cc(F)c(C(N)N(C)C)cc1F. The summed E-state index contributed by atoms with van der Waals surface area (Å²) in [6.07, 6.45) is -0.676. The van der Waals surface area contributed by atoms with Crippen molar-refractivity contribution in [2.75, 3.05) is 21.2 Å². The Kier molecular flexibility index (Phi) is 3.60. The molecule has 2 N–H and O–H groups in total. The molecule has 0 saturated carbocycles. The molecule has 0 saturated heterocycles. The van der Waals surface area contributed by atoms with Gasteiger partial charge in [0.15, 0.2) is 11.6 Å². The number of methoxy groups -OCH3 is 1. The van der Waals surface area contributed by atoms with E-state index < -0.39 is 17.8 Å². The van der Waals surface area contributed by atoms with E-state index in [0.717, 1.165) is 12.1 Å². The molecule has 1 aromatic rings. The maximum atomic E-state index is 13.5. The molecule has 0 amide bonds. The summed E-state index contributed by atoms with van der Waals surface area (Å²) in [6, 6.07) is 2.05. The van der Waals surface area contributed by atoms with Crippen LogP contribution in [0.2, 0.25) is 0 Å². The van der Waals surface area contributed by atoms with Gasteiger partial charge in [0, 0.05) is 11.6 Å². The van der Waals surface area contributed by atoms with Crippen LogP contribution in [0.5, 0.6) is 5.75 Å². The van der Waals surface area contributed by atoms with Crippen LogP contribution in [0, 0.1) is 11.6 Å². The van der Waals surface area contributed by atoms with E-state index in [0.29, 0.717) is 0 Å². The molecule has 0 aliphatic rings. The van der Waals surface area contributed by atoms with Crippen molar-refractivity contribution in [1.82, 2.24) is 4.90 Å². The molecule has 0 radical (unpaired) electrons. The Morgan fingerprint density at radius 3 is 2.33 bits per heavy atom. The van der Waals surface area contributed by atoms with E-state index >= 15 is 0 Å². The van der Waals surface area contributed by atoms with Crippen LogP contribution in [0.4, 0.5) is 8.78 Å². The first-order chi connectivity index (χ1) is 6.97. The van der Waals surface area contributed by atoms with Gasteiger partial charge in [0.2, 0.25) is 0 Å². The summed E-state index contributed by atoms with van der Waals surface area (Å²) in [7, 11) is 4.65. The number of hydrogen-bond acceptors (Lipinski definition) is 3. The van der Waals surface area contributed by atoms with E-state index in [2.05, 4.69) is 4.74 Å². The maximum Gasteiger partial charge on any atom is 0.165 e. The zero-order valence-corrected chi connectivity index (χ0v) is 8.92. The van der Waals surface area contributed by atoms with Gasteiger partial charge in [0.1, 0.15) is 5.82 Å². The Morgan fingerprint density at radius 2 is 1.87 bits per heavy atom. The summed E-state index contributed by atoms with van der Waals surface area (Å²) in [5.41, 5.74) is 5.79. The van der Waals surface area contributed by atoms with Gasteiger partial charge in [-0.15, -0.1) is 0 Å². The predicted molar refractivity (Wildman–Crippen MR) is 53.5 cm³/mol. The summed E-state index contributed by atoms with van der Waals surface area (Å²) in [5.74, 6) is -1.32. The Labute approximate surface area is 87.4 Å². The Balaban J connectivity index is 3.15. The fraction of sp³-hybridized carbons (Fsp3) is 0.400. The minimum absolute atomic E-state index is 0.110. The minimum Gasteiger partial charge on any atom is -0.494 e. The van der Waals surface area contributed by atoms with Gasteiger partial charge in [-0.25, -0.2) is 8.78 Å². The Bertz CT molecular complexity index is 356. The lowest BCUT2D eigenvalue weighted by atomic mass is 10.1. The standard InChI is InChI=1S/C10H14F2N2O/c1-14(2)10(13)6-4-8(12)9(15-3)5-7(6)11/h4-5,10H,13H2,1-3H3. The van der Waals surface area contributed by atoms with E-state index in [1.165, 1.54) is 7.11 Å². The average molecular weight is 216 g/mol. The topological polar surface area (TPSA) is 38.5 Å². The molecule has 0 aliphatic heterocycles. The van der Waals surface area contributed by atoms with Crippen LogP contribution in [0.1, 0.15) is 11.7 Å². The molecule has 1 atom stereocenters. The molecule has 3 nitrogen and oxygen atoms in total. The predicted octanol–water partition coefficient (Wildman–Crippen LogP) is 1.49. The minimum atomic E-state index is -0.676. The van der Waals surface area contributed by atoms with Crippen molar-refractivity contribution in [2.45, 2.75) is 6.17 Å². The van der Waals surface area contributed by atoms with Crippen molar-refractivity contribution >= 4 is 0 Å². The second-order valence-corrected chi connectivity index (χ2v) is 3.42. The lowest BCUT2D eigenvalue weighted by molar-refractivity contribution is 0.296. The molecule has 1 unspecified atom stereocenters. The van der Waals surface area contributed by atoms with Crippen LogP contribution < -0.4 is 10.5 Å². The summed E-state index contributed by atoms with van der Waals surface area (Å²) in [6.45, 7) is 0. The van der Waals surface area contributed by atoms with Crippen LogP contribution in [0.3, 0.4) is 0 Å². The Hall–Kier alpha value is -1.20. The number of benzene rings is 1. The fourth-order valence-electron chi connectivity index (χ4n) is 1.21. The number of hydrogen-bond donors (Lipinski definition) is 1. The molecule has 0 heterocycles. The highest BCUT2D eigenvalue weighted by molar-refractivity contribution is 5.32. The third-order valence-corrected chi connectivity index (χ3v) is 2.15. The maximum absolute atomic E-state index is 13.5. The number of ether oxygens (including phenoxy) is 1. The van der Waals surface area contributed by atoms with Gasteiger partial charge >= 0.3 is 0 Å². The van der Waals surface area contributed by atoms with E-state index in [4.69, 9.17) is 5.73 Å². The van der Waals surface area contributed by atoms with Crippen molar-refractivity contribution in [3.63, 3.8) is 0 Å². The Morgan fingerprint density at radius 1 is 1.27 bits per heavy atom. The van der Waals surface area contributed by atoms with Crippen molar-refractivity contribution < 1.29 is 13.5 Å². The molecule has 0 aliphatic carbocycles. The normalized spacial score (nSPS) is 13.0. The monoisotopic (exact) mass is 216 g/mol. The molecular weight excluding hydrogens is 202 g/mol. The summed E-state index contributed by atoms with van der Waals surface area (Å²) in [5, 5.41) is 0. The highest BCUT2D eigenvalue weighted by atomic mass is 19.1. The largest absolute Gasteiger partial charge is 0.494 e. The van der Waals surface area contributed by atoms with Gasteiger partial charge in [0.05, 0.1) is 13.3 Å². The first-order valence-electron chi connectivity index (χ1n) is 4.42. The van der Waals surface area contributed by atoms with Gasteiger partial charge in [0.25, 0.3) is 0 Å². The highest BCUT2D eigenvalue weighted by Gasteiger charge is 2.17.